The van der Waals surface area contributed by atoms with Gasteiger partial charge in [0.2, 0.25) is 11.1 Å². The molecule has 0 atom stereocenters. The van der Waals surface area contributed by atoms with E-state index in [4.69, 9.17) is 10.6 Å². The maximum absolute atomic E-state index is 12.0. The number of aryl methyl sites for hydroxylation is 2. The lowest BCUT2D eigenvalue weighted by Crippen LogP contribution is -2.42. The van der Waals surface area contributed by atoms with Crippen molar-refractivity contribution in [3.05, 3.63) is 75.1 Å². The van der Waals surface area contributed by atoms with E-state index in [9.17, 15) is 19.7 Å². The molecule has 0 saturated carbocycles. The zero-order chi connectivity index (χ0) is 24.0. The van der Waals surface area contributed by atoms with Crippen LogP contribution in [0.15, 0.2) is 47.6 Å². The number of carbonyl (C=O) groups excluding carboxylic acids is 2. The number of hydrogen-bond donors (Lipinski definition) is 3. The molecule has 0 aliphatic rings. The van der Waals surface area contributed by atoms with E-state index in [2.05, 4.69) is 21.0 Å². The average molecular weight is 471 g/mol. The molecule has 0 saturated heterocycles. The predicted molar refractivity (Wildman–Crippen MR) is 120 cm³/mol. The lowest BCUT2D eigenvalue weighted by Gasteiger charge is -2.08. The molecule has 0 bridgehead atoms. The van der Waals surface area contributed by atoms with Crippen molar-refractivity contribution >= 4 is 29.3 Å². The molecule has 3 rings (SSSR count). The van der Waals surface area contributed by atoms with Crippen LogP contribution in [0.3, 0.4) is 0 Å². The Hall–Kier alpha value is -4.13. The summed E-state index contributed by atoms with van der Waals surface area (Å²) >= 11 is 1.03. The molecule has 13 heteroatoms. The molecular formula is C20H21N7O5S. The summed E-state index contributed by atoms with van der Waals surface area (Å²) in [6.07, 6.45) is 0. The van der Waals surface area contributed by atoms with Crippen LogP contribution in [0, 0.1) is 24.0 Å². The highest BCUT2D eigenvalue weighted by Crippen LogP contribution is 2.19. The van der Waals surface area contributed by atoms with Crippen molar-refractivity contribution in [2.24, 2.45) is 0 Å². The molecule has 172 valence electrons. The summed E-state index contributed by atoms with van der Waals surface area (Å²) in [6, 6.07) is 10.8. The third kappa shape index (κ3) is 6.43. The summed E-state index contributed by atoms with van der Waals surface area (Å²) < 4.78 is 6.96. The Morgan fingerprint density at radius 2 is 1.79 bits per heavy atom. The average Bonchev–Trinajstić information content (AvgIpc) is 3.13. The summed E-state index contributed by atoms with van der Waals surface area (Å²) in [5.41, 5.74) is 6.65. The Bertz CT molecular complexity index is 1160. The van der Waals surface area contributed by atoms with Crippen molar-refractivity contribution < 1.29 is 19.2 Å². The first-order valence-electron chi connectivity index (χ1n) is 9.60. The van der Waals surface area contributed by atoms with Gasteiger partial charge in [0, 0.05) is 17.7 Å². The summed E-state index contributed by atoms with van der Waals surface area (Å²) in [4.78, 5) is 34.1. The molecule has 0 aliphatic carbocycles. The molecule has 12 nitrogen and oxygen atoms in total. The second kappa shape index (κ2) is 10.5. The maximum atomic E-state index is 12.0. The molecular weight excluding hydrogens is 450 g/mol. The minimum atomic E-state index is -0.615. The predicted octanol–water partition coefficient (Wildman–Crippen LogP) is 1.65. The number of hydrazine groups is 1. The van der Waals surface area contributed by atoms with Gasteiger partial charge in [-0.2, -0.15) is 0 Å². The summed E-state index contributed by atoms with van der Waals surface area (Å²) in [6.45, 7) is 4.04. The van der Waals surface area contributed by atoms with Crippen LogP contribution in [0.25, 0.3) is 0 Å². The van der Waals surface area contributed by atoms with Gasteiger partial charge in [0.05, 0.1) is 10.7 Å². The summed E-state index contributed by atoms with van der Waals surface area (Å²) in [7, 11) is 0. The standard InChI is InChI=1S/C20H21N7O5S/c1-12-7-13(2)9-16(8-12)32-10-17-22-25-20(26(17)21)33-11-18(28)23-24-19(29)14-3-5-15(6-4-14)27(30)31/h3-9H,10-11,21H2,1-2H3,(H,23,28)(H,24,29). The SMILES string of the molecule is Cc1cc(C)cc(OCc2nnc(SCC(=O)NNC(=O)c3ccc([N+](=O)[O-])cc3)n2N)c1. The van der Waals surface area contributed by atoms with Gasteiger partial charge in [0.25, 0.3) is 11.6 Å². The summed E-state index contributed by atoms with van der Waals surface area (Å²) in [5, 5.41) is 18.9. The lowest BCUT2D eigenvalue weighted by atomic mass is 10.1. The van der Waals surface area contributed by atoms with E-state index in [1.54, 1.807) is 0 Å². The number of nitrogens with zero attached hydrogens (tertiary/aromatic N) is 4. The van der Waals surface area contributed by atoms with E-state index in [0.29, 0.717) is 16.7 Å². The minimum Gasteiger partial charge on any atom is -0.486 e. The van der Waals surface area contributed by atoms with E-state index in [0.717, 1.165) is 22.9 Å². The van der Waals surface area contributed by atoms with Crippen LogP contribution in [0.2, 0.25) is 0 Å². The van der Waals surface area contributed by atoms with E-state index >= 15 is 0 Å². The number of benzene rings is 2. The topological polar surface area (TPSA) is 167 Å². The van der Waals surface area contributed by atoms with Gasteiger partial charge in [-0.25, -0.2) is 4.68 Å². The highest BCUT2D eigenvalue weighted by Gasteiger charge is 2.14. The van der Waals surface area contributed by atoms with Crippen molar-refractivity contribution in [3.63, 3.8) is 0 Å². The van der Waals surface area contributed by atoms with Crippen LogP contribution in [0.4, 0.5) is 5.69 Å². The smallest absolute Gasteiger partial charge is 0.269 e. The van der Waals surface area contributed by atoms with Gasteiger partial charge in [-0.1, -0.05) is 17.8 Å². The zero-order valence-electron chi connectivity index (χ0n) is 17.8. The molecule has 4 N–H and O–H groups in total. The fraction of sp³-hybridized carbons (Fsp3) is 0.200. The van der Waals surface area contributed by atoms with E-state index in [1.807, 2.05) is 32.0 Å². The van der Waals surface area contributed by atoms with Crippen LogP contribution >= 0.6 is 11.8 Å². The van der Waals surface area contributed by atoms with Crippen LogP contribution in [-0.2, 0) is 11.4 Å². The molecule has 3 aromatic rings. The first kappa shape index (κ1) is 23.5. The Morgan fingerprint density at radius 3 is 2.42 bits per heavy atom. The van der Waals surface area contributed by atoms with E-state index in [-0.39, 0.29) is 23.6 Å². The second-order valence-electron chi connectivity index (χ2n) is 6.98. The normalized spacial score (nSPS) is 10.5. The number of ether oxygens (including phenoxy) is 1. The molecule has 33 heavy (non-hydrogen) atoms. The molecule has 1 aromatic heterocycles. The quantitative estimate of drug-likeness (QED) is 0.191. The van der Waals surface area contributed by atoms with Gasteiger partial charge in [0.1, 0.15) is 12.4 Å². The molecule has 1 heterocycles. The molecule has 2 aromatic carbocycles. The number of non-ortho nitro benzene ring substituents is 1. The second-order valence-corrected chi connectivity index (χ2v) is 7.92. The Morgan fingerprint density at radius 1 is 1.12 bits per heavy atom. The third-order valence-electron chi connectivity index (χ3n) is 4.29. The van der Waals surface area contributed by atoms with Crippen molar-refractivity contribution in [2.45, 2.75) is 25.6 Å². The number of thioether (sulfide) groups is 1. The number of hydrogen-bond acceptors (Lipinski definition) is 9. The van der Waals surface area contributed by atoms with Gasteiger partial charge in [0.15, 0.2) is 5.82 Å². The Labute approximate surface area is 192 Å². The number of aromatic nitrogens is 3. The highest BCUT2D eigenvalue weighted by atomic mass is 32.2. The number of nitrogens with two attached hydrogens (primary N) is 1. The number of nitro benzene ring substituents is 1. The van der Waals surface area contributed by atoms with E-state index in [1.165, 1.54) is 28.9 Å². The fourth-order valence-corrected chi connectivity index (χ4v) is 3.44. The number of nitrogens with one attached hydrogen (secondary N) is 2. The monoisotopic (exact) mass is 471 g/mol. The van der Waals surface area contributed by atoms with Crippen molar-refractivity contribution in [3.8, 4) is 5.75 Å². The fourth-order valence-electron chi connectivity index (χ4n) is 2.77. The molecule has 0 fully saturated rings. The highest BCUT2D eigenvalue weighted by molar-refractivity contribution is 7.99. The van der Waals surface area contributed by atoms with Gasteiger partial charge < -0.3 is 10.6 Å². The van der Waals surface area contributed by atoms with Gasteiger partial charge in [-0.15, -0.1) is 10.2 Å². The van der Waals surface area contributed by atoms with Crippen molar-refractivity contribution in [1.29, 1.82) is 0 Å². The number of amides is 2. The summed E-state index contributed by atoms with van der Waals surface area (Å²) in [5.74, 6) is 5.84. The Kier molecular flexibility index (Phi) is 7.46. The van der Waals surface area contributed by atoms with Crippen LogP contribution in [0.1, 0.15) is 27.3 Å². The zero-order valence-corrected chi connectivity index (χ0v) is 18.6. The first-order chi connectivity index (χ1) is 15.7. The lowest BCUT2D eigenvalue weighted by molar-refractivity contribution is -0.384. The van der Waals surface area contributed by atoms with Crippen molar-refractivity contribution in [2.75, 3.05) is 11.6 Å². The molecule has 0 spiro atoms. The first-order valence-corrected chi connectivity index (χ1v) is 10.6. The number of nitrogen functional groups attached to an aromatic ring is 1. The third-order valence-corrected chi connectivity index (χ3v) is 5.23. The van der Waals surface area contributed by atoms with Gasteiger partial charge in [-0.05, 0) is 49.2 Å². The molecule has 2 amide bonds. The largest absolute Gasteiger partial charge is 0.486 e. The Balaban J connectivity index is 1.46. The minimum absolute atomic E-state index is 0.0895. The number of carbonyl (C=O) groups is 2. The van der Waals surface area contributed by atoms with Gasteiger partial charge in [-0.3, -0.25) is 30.6 Å². The number of nitro groups is 1. The molecule has 0 unspecified atom stereocenters. The van der Waals surface area contributed by atoms with Gasteiger partial charge >= 0.3 is 0 Å². The molecule has 0 aliphatic heterocycles. The number of rotatable bonds is 8. The van der Waals surface area contributed by atoms with E-state index < -0.39 is 16.7 Å². The maximum Gasteiger partial charge on any atom is 0.269 e. The van der Waals surface area contributed by atoms with Crippen LogP contribution in [0.5, 0.6) is 5.75 Å². The molecule has 0 radical (unpaired) electrons. The van der Waals surface area contributed by atoms with Crippen LogP contribution < -0.4 is 21.4 Å². The van der Waals surface area contributed by atoms with Crippen LogP contribution in [-0.4, -0.2) is 37.4 Å². The van der Waals surface area contributed by atoms with Crippen molar-refractivity contribution in [1.82, 2.24) is 25.7 Å².